The molecule has 28 heavy (non-hydrogen) atoms. The molecule has 2 atom stereocenters. The van der Waals surface area contributed by atoms with Crippen molar-refractivity contribution in [2.24, 2.45) is 5.16 Å². The Labute approximate surface area is 159 Å². The molecule has 0 radical (unpaired) electrons. The third kappa shape index (κ3) is 3.31. The fourth-order valence-electron chi connectivity index (χ4n) is 3.05. The molecule has 8 nitrogen and oxygen atoms in total. The third-order valence-corrected chi connectivity index (χ3v) is 4.42. The van der Waals surface area contributed by atoms with Crippen molar-refractivity contribution in [2.75, 3.05) is 6.61 Å². The van der Waals surface area contributed by atoms with Crippen LogP contribution in [0.3, 0.4) is 0 Å². The summed E-state index contributed by atoms with van der Waals surface area (Å²) < 4.78 is 19.2. The van der Waals surface area contributed by atoms with E-state index in [9.17, 15) is 24.4 Å². The van der Waals surface area contributed by atoms with Crippen LogP contribution in [0.25, 0.3) is 0 Å². The quantitative estimate of drug-likeness (QED) is 0.463. The summed E-state index contributed by atoms with van der Waals surface area (Å²) in [5.74, 6) is -1.53. The molecule has 1 heterocycles. The molecule has 2 aromatic carbocycles. The van der Waals surface area contributed by atoms with Crippen LogP contribution in [0.4, 0.5) is 10.1 Å². The maximum absolute atomic E-state index is 14.1. The Morgan fingerprint density at radius 1 is 1.36 bits per heavy atom. The first-order valence-electron chi connectivity index (χ1n) is 8.49. The molecule has 0 amide bonds. The monoisotopic (exact) mass is 388 g/mol. The van der Waals surface area contributed by atoms with Crippen LogP contribution in [0.5, 0.6) is 0 Å². The summed E-state index contributed by atoms with van der Waals surface area (Å²) in [6, 6.07) is 11.2. The van der Waals surface area contributed by atoms with E-state index in [0.29, 0.717) is 0 Å². The Bertz CT molecular complexity index is 948. The highest BCUT2D eigenvalue weighted by molar-refractivity contribution is 6.05. The van der Waals surface area contributed by atoms with E-state index >= 15 is 0 Å². The Morgan fingerprint density at radius 2 is 2.04 bits per heavy atom. The molecule has 146 valence electrons. The number of nitro benzene ring substituents is 1. The molecule has 1 aliphatic rings. The minimum absolute atomic E-state index is 0.0113. The van der Waals surface area contributed by atoms with Crippen molar-refractivity contribution in [3.05, 3.63) is 75.6 Å². The van der Waals surface area contributed by atoms with Gasteiger partial charge < -0.3 is 14.7 Å². The summed E-state index contributed by atoms with van der Waals surface area (Å²) in [6.07, 6.45) is -2.08. The predicted octanol–water partition coefficient (Wildman–Crippen LogP) is 2.89. The smallest absolute Gasteiger partial charge is 0.356 e. The molecule has 3 rings (SSSR count). The molecule has 0 aliphatic carbocycles. The van der Waals surface area contributed by atoms with Crippen molar-refractivity contribution < 1.29 is 28.8 Å². The van der Waals surface area contributed by atoms with Gasteiger partial charge in [0.15, 0.2) is 0 Å². The number of halogens is 1. The lowest BCUT2D eigenvalue weighted by molar-refractivity contribution is -0.386. The lowest BCUT2D eigenvalue weighted by atomic mass is 9.84. The van der Waals surface area contributed by atoms with Gasteiger partial charge >= 0.3 is 5.97 Å². The number of carbonyl (C=O) groups excluding carboxylic acids is 1. The third-order valence-electron chi connectivity index (χ3n) is 4.42. The van der Waals surface area contributed by atoms with Crippen molar-refractivity contribution in [3.63, 3.8) is 0 Å². The Balaban J connectivity index is 2.03. The van der Waals surface area contributed by atoms with E-state index in [1.807, 2.05) is 0 Å². The van der Waals surface area contributed by atoms with E-state index in [2.05, 4.69) is 5.16 Å². The van der Waals surface area contributed by atoms with Crippen LogP contribution in [-0.2, 0) is 14.4 Å². The Hall–Kier alpha value is -3.33. The molecule has 2 aromatic rings. The molecule has 0 aromatic heterocycles. The summed E-state index contributed by atoms with van der Waals surface area (Å²) in [5, 5.41) is 26.1. The molecule has 1 N–H and O–H groups in total. The van der Waals surface area contributed by atoms with Gasteiger partial charge in [-0.1, -0.05) is 35.5 Å². The fourth-order valence-corrected chi connectivity index (χ4v) is 3.05. The second-order valence-corrected chi connectivity index (χ2v) is 6.11. The number of hydrogen-bond donors (Lipinski definition) is 1. The number of rotatable bonds is 6. The summed E-state index contributed by atoms with van der Waals surface area (Å²) in [4.78, 5) is 28.6. The van der Waals surface area contributed by atoms with E-state index < -0.39 is 28.4 Å². The molecule has 0 bridgehead atoms. The highest BCUT2D eigenvalue weighted by atomic mass is 19.1. The lowest BCUT2D eigenvalue weighted by Crippen LogP contribution is -2.46. The van der Waals surface area contributed by atoms with E-state index in [-0.39, 0.29) is 35.6 Å². The number of aliphatic hydroxyl groups is 1. The topological polar surface area (TPSA) is 111 Å². The van der Waals surface area contributed by atoms with Gasteiger partial charge in [-0.15, -0.1) is 0 Å². The highest BCUT2D eigenvalue weighted by Gasteiger charge is 2.56. The number of ether oxygens (including phenoxy) is 1. The second kappa shape index (κ2) is 7.73. The SMILES string of the molecule is CCOC(=O)[C@@]1([C@H](O)c2ccccc2[N+](=O)[O-])CC(c2ccccc2F)=NO1. The van der Waals surface area contributed by atoms with Crippen LogP contribution in [0.1, 0.15) is 30.6 Å². The molecule has 0 saturated heterocycles. The maximum atomic E-state index is 14.1. The largest absolute Gasteiger partial charge is 0.463 e. The maximum Gasteiger partial charge on any atom is 0.356 e. The van der Waals surface area contributed by atoms with Gasteiger partial charge in [-0.25, -0.2) is 9.18 Å². The molecule has 0 saturated carbocycles. The van der Waals surface area contributed by atoms with Crippen LogP contribution in [-0.4, -0.2) is 33.9 Å². The van der Waals surface area contributed by atoms with E-state index in [1.54, 1.807) is 13.0 Å². The first-order valence-corrected chi connectivity index (χ1v) is 8.49. The standard InChI is InChI=1S/C19H17FN2O6/c1-2-27-18(24)19(17(23)13-8-4-6-10-16(13)22(25)26)11-15(21-28-19)12-7-3-5-9-14(12)20/h3-10,17,23H,2,11H2,1H3/t17-,19+/m1/s1. The first kappa shape index (κ1) is 19.4. The number of carbonyl (C=O) groups is 1. The Kier molecular flexibility index (Phi) is 5.36. The van der Waals surface area contributed by atoms with Crippen LogP contribution < -0.4 is 0 Å². The molecule has 0 unspecified atom stereocenters. The minimum atomic E-state index is -2.07. The fraction of sp³-hybridized carbons (Fsp3) is 0.263. The minimum Gasteiger partial charge on any atom is -0.463 e. The number of aliphatic hydroxyl groups excluding tert-OH is 1. The average molecular weight is 388 g/mol. The van der Waals surface area contributed by atoms with Gasteiger partial charge in [-0.3, -0.25) is 10.1 Å². The molecule has 0 fully saturated rings. The lowest BCUT2D eigenvalue weighted by Gasteiger charge is -2.29. The van der Waals surface area contributed by atoms with Gasteiger partial charge in [0, 0.05) is 11.6 Å². The zero-order valence-electron chi connectivity index (χ0n) is 14.9. The van der Waals surface area contributed by atoms with Crippen molar-refractivity contribution in [3.8, 4) is 0 Å². The van der Waals surface area contributed by atoms with Crippen LogP contribution in [0.15, 0.2) is 53.7 Å². The van der Waals surface area contributed by atoms with Crippen molar-refractivity contribution in [1.29, 1.82) is 0 Å². The van der Waals surface area contributed by atoms with E-state index in [4.69, 9.17) is 9.57 Å². The van der Waals surface area contributed by atoms with Gasteiger partial charge in [-0.05, 0) is 19.1 Å². The van der Waals surface area contributed by atoms with E-state index in [1.165, 1.54) is 42.5 Å². The summed E-state index contributed by atoms with van der Waals surface area (Å²) in [5.41, 5.74) is -2.40. The molecular weight excluding hydrogens is 371 g/mol. The number of oxime groups is 1. The molecular formula is C19H17FN2O6. The number of nitrogens with zero attached hydrogens (tertiary/aromatic N) is 2. The average Bonchev–Trinajstić information content (AvgIpc) is 3.14. The number of esters is 1. The van der Waals surface area contributed by atoms with E-state index in [0.717, 1.165) is 0 Å². The predicted molar refractivity (Wildman–Crippen MR) is 96.1 cm³/mol. The number of para-hydroxylation sites is 1. The van der Waals surface area contributed by atoms with Crippen LogP contribution >= 0.6 is 0 Å². The van der Waals surface area contributed by atoms with Gasteiger partial charge in [0.05, 0.1) is 29.2 Å². The Morgan fingerprint density at radius 3 is 2.71 bits per heavy atom. The zero-order valence-corrected chi connectivity index (χ0v) is 14.9. The summed E-state index contributed by atoms with van der Waals surface area (Å²) in [6.45, 7) is 1.55. The van der Waals surface area contributed by atoms with Gasteiger partial charge in [0.1, 0.15) is 11.9 Å². The number of benzene rings is 2. The molecule has 1 aliphatic heterocycles. The highest BCUT2D eigenvalue weighted by Crippen LogP contribution is 2.42. The molecule has 9 heteroatoms. The van der Waals surface area contributed by atoms with Crippen molar-refractivity contribution in [2.45, 2.75) is 25.0 Å². The summed E-state index contributed by atoms with van der Waals surface area (Å²) >= 11 is 0. The summed E-state index contributed by atoms with van der Waals surface area (Å²) in [7, 11) is 0. The number of hydrogen-bond acceptors (Lipinski definition) is 7. The first-order chi connectivity index (χ1) is 13.4. The van der Waals surface area contributed by atoms with Crippen molar-refractivity contribution in [1.82, 2.24) is 0 Å². The molecule has 0 spiro atoms. The normalized spacial score (nSPS) is 19.5. The second-order valence-electron chi connectivity index (χ2n) is 6.11. The van der Waals surface area contributed by atoms with Crippen LogP contribution in [0, 0.1) is 15.9 Å². The number of nitro groups is 1. The van der Waals surface area contributed by atoms with Crippen molar-refractivity contribution >= 4 is 17.4 Å². The van der Waals surface area contributed by atoms with Gasteiger partial charge in [-0.2, -0.15) is 0 Å². The van der Waals surface area contributed by atoms with Crippen LogP contribution in [0.2, 0.25) is 0 Å². The zero-order chi connectivity index (χ0) is 20.3. The van der Waals surface area contributed by atoms with Gasteiger partial charge in [0.2, 0.25) is 0 Å². The van der Waals surface area contributed by atoms with Gasteiger partial charge in [0.25, 0.3) is 11.3 Å².